The summed E-state index contributed by atoms with van der Waals surface area (Å²) in [4.78, 5) is 13.6. The lowest BCUT2D eigenvalue weighted by molar-refractivity contribution is -0.130. The van der Waals surface area contributed by atoms with Crippen molar-refractivity contribution >= 4 is 5.91 Å². The minimum absolute atomic E-state index is 0.368. The number of nitrogens with one attached hydrogen (secondary N) is 1. The van der Waals surface area contributed by atoms with Gasteiger partial charge in [0.25, 0.3) is 0 Å². The summed E-state index contributed by atoms with van der Waals surface area (Å²) in [5, 5.41) is 3.12. The Morgan fingerprint density at radius 3 is 2.57 bits per heavy atom. The second-order valence-electron chi connectivity index (χ2n) is 4.00. The van der Waals surface area contributed by atoms with Crippen molar-refractivity contribution in [3.8, 4) is 0 Å². The molecule has 1 aliphatic rings. The van der Waals surface area contributed by atoms with Gasteiger partial charge in [0, 0.05) is 19.5 Å². The first-order valence-electron chi connectivity index (χ1n) is 5.77. The first-order valence-corrected chi connectivity index (χ1v) is 5.77. The van der Waals surface area contributed by atoms with Gasteiger partial charge in [-0.3, -0.25) is 4.79 Å². The van der Waals surface area contributed by atoms with Crippen LogP contribution in [-0.2, 0) is 4.79 Å². The summed E-state index contributed by atoms with van der Waals surface area (Å²) >= 11 is 0. The van der Waals surface area contributed by atoms with E-state index in [4.69, 9.17) is 0 Å². The molecule has 0 aromatic carbocycles. The quantitative estimate of drug-likeness (QED) is 0.654. The van der Waals surface area contributed by atoms with Crippen molar-refractivity contribution in [2.45, 2.75) is 38.5 Å². The van der Waals surface area contributed by atoms with Gasteiger partial charge in [-0.2, -0.15) is 0 Å². The highest BCUT2D eigenvalue weighted by atomic mass is 16.2. The van der Waals surface area contributed by atoms with E-state index in [1.54, 1.807) is 0 Å². The number of likely N-dealkylation sites (tertiary alicyclic amines) is 1. The normalized spacial score (nSPS) is 16.2. The third-order valence-corrected chi connectivity index (χ3v) is 2.78. The largest absolute Gasteiger partial charge is 0.343 e. The zero-order valence-corrected chi connectivity index (χ0v) is 9.22. The number of hydrogen-bond acceptors (Lipinski definition) is 2. The SMILES string of the molecule is CNCCCCCC(=O)N1CCCC1. The molecule has 0 spiro atoms. The van der Waals surface area contributed by atoms with E-state index in [9.17, 15) is 4.79 Å². The van der Waals surface area contributed by atoms with Gasteiger partial charge in [0.05, 0.1) is 0 Å². The number of carbonyl (C=O) groups is 1. The molecule has 1 amide bonds. The molecule has 0 unspecified atom stereocenters. The Hall–Kier alpha value is -0.570. The fourth-order valence-corrected chi connectivity index (χ4v) is 1.88. The summed E-state index contributed by atoms with van der Waals surface area (Å²) in [6.07, 6.45) is 6.56. The molecule has 0 radical (unpaired) electrons. The predicted octanol–water partition coefficient (Wildman–Crippen LogP) is 1.39. The highest BCUT2D eigenvalue weighted by Gasteiger charge is 2.16. The summed E-state index contributed by atoms with van der Waals surface area (Å²) < 4.78 is 0. The molecule has 0 aromatic heterocycles. The van der Waals surface area contributed by atoms with E-state index in [-0.39, 0.29) is 0 Å². The van der Waals surface area contributed by atoms with E-state index in [2.05, 4.69) is 5.32 Å². The summed E-state index contributed by atoms with van der Waals surface area (Å²) in [5.41, 5.74) is 0. The molecule has 0 aromatic rings. The molecule has 1 aliphatic heterocycles. The Morgan fingerprint density at radius 2 is 1.93 bits per heavy atom. The van der Waals surface area contributed by atoms with Crippen LogP contribution in [0.25, 0.3) is 0 Å². The molecule has 82 valence electrons. The lowest BCUT2D eigenvalue weighted by Crippen LogP contribution is -2.27. The van der Waals surface area contributed by atoms with Crippen molar-refractivity contribution in [2.24, 2.45) is 0 Å². The Labute approximate surface area is 86.9 Å². The molecule has 0 saturated carbocycles. The van der Waals surface area contributed by atoms with Crippen LogP contribution in [0.2, 0.25) is 0 Å². The number of hydrogen-bond donors (Lipinski definition) is 1. The van der Waals surface area contributed by atoms with Gasteiger partial charge in [-0.05, 0) is 39.3 Å². The van der Waals surface area contributed by atoms with Crippen molar-refractivity contribution in [2.75, 3.05) is 26.7 Å². The molecular formula is C11H22N2O. The van der Waals surface area contributed by atoms with Gasteiger partial charge >= 0.3 is 0 Å². The van der Waals surface area contributed by atoms with Gasteiger partial charge in [0.2, 0.25) is 5.91 Å². The molecule has 3 heteroatoms. The molecule has 1 fully saturated rings. The lowest BCUT2D eigenvalue weighted by atomic mass is 10.2. The van der Waals surface area contributed by atoms with Crippen LogP contribution in [0.15, 0.2) is 0 Å². The second-order valence-corrected chi connectivity index (χ2v) is 4.00. The third kappa shape index (κ3) is 4.09. The van der Waals surface area contributed by atoms with Crippen LogP contribution in [-0.4, -0.2) is 37.5 Å². The molecular weight excluding hydrogens is 176 g/mol. The molecule has 1 rings (SSSR count). The first kappa shape index (κ1) is 11.5. The van der Waals surface area contributed by atoms with Crippen LogP contribution in [0.4, 0.5) is 0 Å². The average Bonchev–Trinajstić information content (AvgIpc) is 2.70. The molecule has 3 nitrogen and oxygen atoms in total. The van der Waals surface area contributed by atoms with Crippen LogP contribution in [0.1, 0.15) is 38.5 Å². The molecule has 0 bridgehead atoms. The van der Waals surface area contributed by atoms with E-state index < -0.39 is 0 Å². The molecule has 0 aliphatic carbocycles. The monoisotopic (exact) mass is 198 g/mol. The molecule has 14 heavy (non-hydrogen) atoms. The van der Waals surface area contributed by atoms with E-state index in [1.807, 2.05) is 11.9 Å². The summed E-state index contributed by atoms with van der Waals surface area (Å²) in [7, 11) is 1.97. The molecule has 1 saturated heterocycles. The Morgan fingerprint density at radius 1 is 1.21 bits per heavy atom. The van der Waals surface area contributed by atoms with Crippen molar-refractivity contribution in [3.05, 3.63) is 0 Å². The minimum atomic E-state index is 0.368. The number of carbonyl (C=O) groups excluding carboxylic acids is 1. The topological polar surface area (TPSA) is 32.3 Å². The van der Waals surface area contributed by atoms with E-state index >= 15 is 0 Å². The van der Waals surface area contributed by atoms with Gasteiger partial charge in [0.15, 0.2) is 0 Å². The third-order valence-electron chi connectivity index (χ3n) is 2.78. The van der Waals surface area contributed by atoms with E-state index in [1.165, 1.54) is 25.7 Å². The van der Waals surface area contributed by atoms with Gasteiger partial charge in [0.1, 0.15) is 0 Å². The Balaban J connectivity index is 1.97. The van der Waals surface area contributed by atoms with E-state index in [0.717, 1.165) is 32.5 Å². The highest BCUT2D eigenvalue weighted by Crippen LogP contribution is 2.10. The van der Waals surface area contributed by atoms with Gasteiger partial charge in [-0.1, -0.05) is 6.42 Å². The van der Waals surface area contributed by atoms with Gasteiger partial charge < -0.3 is 10.2 Å². The number of unbranched alkanes of at least 4 members (excludes halogenated alkanes) is 2. The van der Waals surface area contributed by atoms with Crippen molar-refractivity contribution < 1.29 is 4.79 Å². The number of amides is 1. The maximum Gasteiger partial charge on any atom is 0.222 e. The van der Waals surface area contributed by atoms with E-state index in [0.29, 0.717) is 5.91 Å². The Bertz CT molecular complexity index is 165. The minimum Gasteiger partial charge on any atom is -0.343 e. The van der Waals surface area contributed by atoms with Crippen LogP contribution in [0.3, 0.4) is 0 Å². The zero-order chi connectivity index (χ0) is 10.2. The maximum atomic E-state index is 11.6. The fraction of sp³-hybridized carbons (Fsp3) is 0.909. The van der Waals surface area contributed by atoms with Crippen LogP contribution in [0.5, 0.6) is 0 Å². The van der Waals surface area contributed by atoms with Gasteiger partial charge in [-0.25, -0.2) is 0 Å². The Kier molecular flexibility index (Phi) is 5.60. The summed E-state index contributed by atoms with van der Waals surface area (Å²) in [6, 6.07) is 0. The standard InChI is InChI=1S/C11H22N2O/c1-12-8-4-2-3-7-11(14)13-9-5-6-10-13/h12H,2-10H2,1H3. The molecule has 1 N–H and O–H groups in total. The first-order chi connectivity index (χ1) is 6.84. The predicted molar refractivity (Wildman–Crippen MR) is 58.2 cm³/mol. The maximum absolute atomic E-state index is 11.6. The fourth-order valence-electron chi connectivity index (χ4n) is 1.88. The van der Waals surface area contributed by atoms with Crippen LogP contribution in [0, 0.1) is 0 Å². The summed E-state index contributed by atoms with van der Waals surface area (Å²) in [5.74, 6) is 0.368. The number of rotatable bonds is 6. The van der Waals surface area contributed by atoms with Crippen LogP contribution >= 0.6 is 0 Å². The second kappa shape index (κ2) is 6.82. The average molecular weight is 198 g/mol. The van der Waals surface area contributed by atoms with Crippen molar-refractivity contribution in [3.63, 3.8) is 0 Å². The van der Waals surface area contributed by atoms with Crippen LogP contribution < -0.4 is 5.32 Å². The van der Waals surface area contributed by atoms with Crippen molar-refractivity contribution in [1.82, 2.24) is 10.2 Å². The smallest absolute Gasteiger partial charge is 0.222 e. The molecule has 0 atom stereocenters. The summed E-state index contributed by atoms with van der Waals surface area (Å²) in [6.45, 7) is 3.06. The number of nitrogens with zero attached hydrogens (tertiary/aromatic N) is 1. The zero-order valence-electron chi connectivity index (χ0n) is 9.22. The molecule has 1 heterocycles. The van der Waals surface area contributed by atoms with Crippen molar-refractivity contribution in [1.29, 1.82) is 0 Å². The lowest BCUT2D eigenvalue weighted by Gasteiger charge is -2.14. The van der Waals surface area contributed by atoms with Gasteiger partial charge in [-0.15, -0.1) is 0 Å². The highest BCUT2D eigenvalue weighted by molar-refractivity contribution is 5.76.